The van der Waals surface area contributed by atoms with Gasteiger partial charge in [-0.3, -0.25) is 4.90 Å². The lowest BCUT2D eigenvalue weighted by Crippen LogP contribution is -2.64. The maximum absolute atomic E-state index is 9.90. The van der Waals surface area contributed by atoms with Crippen LogP contribution in [0.2, 0.25) is 0 Å². The third-order valence-electron chi connectivity index (χ3n) is 3.10. The first-order valence-electron chi connectivity index (χ1n) is 5.61. The second-order valence-corrected chi connectivity index (χ2v) is 3.94. The lowest BCUT2D eigenvalue weighted by molar-refractivity contribution is -0.271. The Labute approximate surface area is 95.1 Å². The summed E-state index contributed by atoms with van der Waals surface area (Å²) in [4.78, 5) is 1.81. The monoisotopic (exact) mass is 235 g/mol. The van der Waals surface area contributed by atoms with Crippen LogP contribution in [0.1, 0.15) is 13.8 Å². The van der Waals surface area contributed by atoms with Gasteiger partial charge >= 0.3 is 0 Å². The van der Waals surface area contributed by atoms with Crippen molar-refractivity contribution in [2.24, 2.45) is 0 Å². The van der Waals surface area contributed by atoms with Crippen LogP contribution in [0.3, 0.4) is 0 Å². The first-order valence-corrected chi connectivity index (χ1v) is 5.61. The molecule has 16 heavy (non-hydrogen) atoms. The number of likely N-dealkylation sites (N-methyl/N-ethyl adjacent to an activating group) is 1. The summed E-state index contributed by atoms with van der Waals surface area (Å²) in [6, 6.07) is -0.659. The number of rotatable bonds is 4. The molecule has 0 aliphatic carbocycles. The van der Waals surface area contributed by atoms with Gasteiger partial charge in [0.1, 0.15) is 18.3 Å². The van der Waals surface area contributed by atoms with Gasteiger partial charge in [-0.15, -0.1) is 0 Å². The first-order chi connectivity index (χ1) is 7.56. The van der Waals surface area contributed by atoms with E-state index in [9.17, 15) is 15.3 Å². The van der Waals surface area contributed by atoms with Crippen LogP contribution >= 0.6 is 0 Å². The molecule has 5 atom stereocenters. The zero-order valence-corrected chi connectivity index (χ0v) is 9.65. The van der Waals surface area contributed by atoms with Gasteiger partial charge < -0.3 is 25.2 Å². The fourth-order valence-corrected chi connectivity index (χ4v) is 2.12. The summed E-state index contributed by atoms with van der Waals surface area (Å²) >= 11 is 0. The van der Waals surface area contributed by atoms with E-state index in [1.54, 1.807) is 0 Å². The quantitative estimate of drug-likeness (QED) is 0.456. The molecule has 96 valence electrons. The minimum atomic E-state index is -1.20. The standard InChI is InChI=1S/C10H21NO5/c1-3-11(4-2)7-9(14)8(13)6(5-12)16-10(7)15/h6-10,12-15H,3-5H2,1-2H3. The predicted molar refractivity (Wildman–Crippen MR) is 56.7 cm³/mol. The van der Waals surface area contributed by atoms with Crippen molar-refractivity contribution >= 4 is 0 Å². The number of hydrogen-bond donors (Lipinski definition) is 4. The van der Waals surface area contributed by atoms with E-state index in [4.69, 9.17) is 9.84 Å². The van der Waals surface area contributed by atoms with Crippen LogP contribution in [-0.2, 0) is 4.74 Å². The molecule has 1 heterocycles. The summed E-state index contributed by atoms with van der Waals surface area (Å²) < 4.78 is 5.07. The van der Waals surface area contributed by atoms with Crippen LogP contribution in [0.5, 0.6) is 0 Å². The van der Waals surface area contributed by atoms with Crippen molar-refractivity contribution in [2.45, 2.75) is 44.5 Å². The largest absolute Gasteiger partial charge is 0.394 e. The fraction of sp³-hybridized carbons (Fsp3) is 1.00. The van der Waals surface area contributed by atoms with Gasteiger partial charge in [0.15, 0.2) is 6.29 Å². The number of aliphatic hydroxyl groups is 4. The minimum absolute atomic E-state index is 0.430. The average molecular weight is 235 g/mol. The molecule has 5 unspecified atom stereocenters. The van der Waals surface area contributed by atoms with Gasteiger partial charge in [0.2, 0.25) is 0 Å². The summed E-state index contributed by atoms with van der Waals surface area (Å²) in [6.07, 6.45) is -4.44. The topological polar surface area (TPSA) is 93.4 Å². The van der Waals surface area contributed by atoms with Crippen LogP contribution < -0.4 is 0 Å². The SMILES string of the molecule is CCN(CC)C1C(O)OC(CO)C(O)C1O. The second-order valence-electron chi connectivity index (χ2n) is 3.94. The van der Waals surface area contributed by atoms with Gasteiger partial charge in [-0.2, -0.15) is 0 Å². The highest BCUT2D eigenvalue weighted by atomic mass is 16.6. The maximum atomic E-state index is 9.90. The van der Waals surface area contributed by atoms with Crippen LogP contribution in [0, 0.1) is 0 Å². The van der Waals surface area contributed by atoms with E-state index in [-0.39, 0.29) is 0 Å². The zero-order chi connectivity index (χ0) is 12.3. The van der Waals surface area contributed by atoms with E-state index in [0.29, 0.717) is 13.1 Å². The van der Waals surface area contributed by atoms with Gasteiger partial charge in [-0.25, -0.2) is 0 Å². The van der Waals surface area contributed by atoms with Crippen LogP contribution in [0.15, 0.2) is 0 Å². The normalized spacial score (nSPS) is 40.3. The number of ether oxygens (including phenoxy) is 1. The molecular formula is C10H21NO5. The van der Waals surface area contributed by atoms with Crippen LogP contribution in [0.4, 0.5) is 0 Å². The number of nitrogens with zero attached hydrogens (tertiary/aromatic N) is 1. The molecule has 0 saturated carbocycles. The molecule has 0 radical (unpaired) electrons. The Hall–Kier alpha value is -0.240. The summed E-state index contributed by atoms with van der Waals surface area (Å²) in [5.41, 5.74) is 0. The smallest absolute Gasteiger partial charge is 0.173 e. The van der Waals surface area contributed by atoms with Gasteiger partial charge in [0.25, 0.3) is 0 Å². The van der Waals surface area contributed by atoms with Crippen molar-refractivity contribution in [1.29, 1.82) is 0 Å². The molecule has 0 aromatic carbocycles. The van der Waals surface area contributed by atoms with E-state index < -0.39 is 37.3 Å². The Bertz CT molecular complexity index is 211. The molecule has 6 heteroatoms. The summed E-state index contributed by atoms with van der Waals surface area (Å²) in [6.45, 7) is 4.63. The molecule has 0 aromatic rings. The van der Waals surface area contributed by atoms with Gasteiger partial charge in [-0.05, 0) is 13.1 Å². The highest BCUT2D eigenvalue weighted by Crippen LogP contribution is 2.23. The Morgan fingerprint density at radius 1 is 1.06 bits per heavy atom. The molecular weight excluding hydrogens is 214 g/mol. The van der Waals surface area contributed by atoms with Crippen LogP contribution in [0.25, 0.3) is 0 Å². The molecule has 0 spiro atoms. The molecule has 1 saturated heterocycles. The van der Waals surface area contributed by atoms with E-state index in [1.807, 2.05) is 18.7 Å². The van der Waals surface area contributed by atoms with Gasteiger partial charge in [0.05, 0.1) is 12.6 Å². The fourth-order valence-electron chi connectivity index (χ4n) is 2.12. The van der Waals surface area contributed by atoms with Crippen molar-refractivity contribution in [2.75, 3.05) is 19.7 Å². The van der Waals surface area contributed by atoms with E-state index in [1.165, 1.54) is 0 Å². The average Bonchev–Trinajstić information content (AvgIpc) is 2.29. The highest BCUT2D eigenvalue weighted by Gasteiger charge is 2.45. The van der Waals surface area contributed by atoms with Crippen molar-refractivity contribution in [3.63, 3.8) is 0 Å². The third kappa shape index (κ3) is 2.53. The lowest BCUT2D eigenvalue weighted by Gasteiger charge is -2.44. The van der Waals surface area contributed by atoms with Crippen molar-refractivity contribution < 1.29 is 25.2 Å². The number of aliphatic hydroxyl groups excluding tert-OH is 4. The Kier molecular flexibility index (Phi) is 5.10. The highest BCUT2D eigenvalue weighted by molar-refractivity contribution is 4.93. The Morgan fingerprint density at radius 2 is 1.62 bits per heavy atom. The third-order valence-corrected chi connectivity index (χ3v) is 3.10. The molecule has 1 aliphatic rings. The predicted octanol–water partition coefficient (Wildman–Crippen LogP) is -1.87. The molecule has 6 nitrogen and oxygen atoms in total. The Balaban J connectivity index is 2.78. The van der Waals surface area contributed by atoms with Crippen molar-refractivity contribution in [3.8, 4) is 0 Å². The summed E-state index contributed by atoms with van der Waals surface area (Å²) in [7, 11) is 0. The maximum Gasteiger partial charge on any atom is 0.173 e. The van der Waals surface area contributed by atoms with Gasteiger partial charge in [0, 0.05) is 0 Å². The second kappa shape index (κ2) is 5.90. The van der Waals surface area contributed by atoms with Crippen LogP contribution in [-0.4, -0.2) is 75.7 Å². The summed E-state index contributed by atoms with van der Waals surface area (Å²) in [5, 5.41) is 38.3. The molecule has 0 amide bonds. The molecule has 4 N–H and O–H groups in total. The molecule has 0 bridgehead atoms. The van der Waals surface area contributed by atoms with Gasteiger partial charge in [-0.1, -0.05) is 13.8 Å². The van der Waals surface area contributed by atoms with E-state index in [0.717, 1.165) is 0 Å². The minimum Gasteiger partial charge on any atom is -0.394 e. The van der Waals surface area contributed by atoms with Crippen molar-refractivity contribution in [3.05, 3.63) is 0 Å². The first kappa shape index (κ1) is 13.8. The Morgan fingerprint density at radius 3 is 2.06 bits per heavy atom. The van der Waals surface area contributed by atoms with Crippen molar-refractivity contribution in [1.82, 2.24) is 4.90 Å². The molecule has 1 aliphatic heterocycles. The summed E-state index contributed by atoms with van der Waals surface area (Å²) in [5.74, 6) is 0. The van der Waals surface area contributed by atoms with E-state index >= 15 is 0 Å². The molecule has 1 fully saturated rings. The number of hydrogen-bond acceptors (Lipinski definition) is 6. The van der Waals surface area contributed by atoms with E-state index in [2.05, 4.69) is 0 Å². The molecule has 0 aromatic heterocycles. The lowest BCUT2D eigenvalue weighted by atomic mass is 9.96. The zero-order valence-electron chi connectivity index (χ0n) is 9.65. The molecule has 1 rings (SSSR count).